The third kappa shape index (κ3) is 3.93. The van der Waals surface area contributed by atoms with Gasteiger partial charge in [0.05, 0.1) is 11.7 Å². The van der Waals surface area contributed by atoms with Crippen LogP contribution in [0.3, 0.4) is 0 Å². The summed E-state index contributed by atoms with van der Waals surface area (Å²) in [5, 5.41) is 12.4. The lowest BCUT2D eigenvalue weighted by Gasteiger charge is -2.29. The van der Waals surface area contributed by atoms with E-state index in [9.17, 15) is 14.7 Å². The van der Waals surface area contributed by atoms with Crippen LogP contribution in [0.15, 0.2) is 46.9 Å². The molecule has 1 aliphatic heterocycles. The Morgan fingerprint density at radius 3 is 2.92 bits per heavy atom. The van der Waals surface area contributed by atoms with Crippen LogP contribution in [0.4, 0.5) is 5.69 Å². The number of carbonyl (C=O) groups is 2. The Bertz CT molecular complexity index is 824. The van der Waals surface area contributed by atoms with Crippen LogP contribution in [-0.4, -0.2) is 30.1 Å². The van der Waals surface area contributed by atoms with Crippen molar-refractivity contribution in [1.29, 1.82) is 0 Å². The zero-order valence-electron chi connectivity index (χ0n) is 13.5. The summed E-state index contributed by atoms with van der Waals surface area (Å²) in [5.74, 6) is 0.138. The molecule has 2 aromatic carbocycles. The molecule has 130 valence electrons. The molecule has 2 aromatic rings. The summed E-state index contributed by atoms with van der Waals surface area (Å²) in [6.07, 6.45) is 0. The fourth-order valence-corrected chi connectivity index (χ4v) is 3.00. The van der Waals surface area contributed by atoms with Gasteiger partial charge < -0.3 is 15.2 Å². The van der Waals surface area contributed by atoms with Gasteiger partial charge >= 0.3 is 0 Å². The van der Waals surface area contributed by atoms with Crippen molar-refractivity contribution in [3.8, 4) is 11.5 Å². The normalized spacial score (nSPS) is 14.5. The SMILES string of the molecule is CC(NC(=O)CN1C(=O)COc2cc(Br)ccc21)c1cccc(O)c1. The predicted octanol–water partition coefficient (Wildman–Crippen LogP) is 2.76. The minimum atomic E-state index is -0.292. The number of hydrogen-bond acceptors (Lipinski definition) is 4. The summed E-state index contributed by atoms with van der Waals surface area (Å²) < 4.78 is 6.25. The van der Waals surface area contributed by atoms with Gasteiger partial charge in [-0.15, -0.1) is 0 Å². The van der Waals surface area contributed by atoms with E-state index in [2.05, 4.69) is 21.2 Å². The van der Waals surface area contributed by atoms with Gasteiger partial charge in [0, 0.05) is 4.47 Å². The molecule has 0 saturated heterocycles. The fourth-order valence-electron chi connectivity index (χ4n) is 2.66. The molecule has 0 aromatic heterocycles. The van der Waals surface area contributed by atoms with E-state index < -0.39 is 0 Å². The van der Waals surface area contributed by atoms with Crippen LogP contribution < -0.4 is 15.0 Å². The zero-order chi connectivity index (χ0) is 18.0. The van der Waals surface area contributed by atoms with Crippen molar-refractivity contribution in [2.75, 3.05) is 18.1 Å². The highest BCUT2D eigenvalue weighted by Crippen LogP contribution is 2.34. The van der Waals surface area contributed by atoms with Crippen molar-refractivity contribution >= 4 is 33.4 Å². The predicted molar refractivity (Wildman–Crippen MR) is 96.7 cm³/mol. The number of hydrogen-bond donors (Lipinski definition) is 2. The number of ether oxygens (including phenoxy) is 1. The van der Waals surface area contributed by atoms with E-state index in [1.165, 1.54) is 4.90 Å². The van der Waals surface area contributed by atoms with Crippen molar-refractivity contribution < 1.29 is 19.4 Å². The van der Waals surface area contributed by atoms with Gasteiger partial charge in [0.2, 0.25) is 5.91 Å². The molecular formula is C18H17BrN2O4. The molecule has 1 atom stereocenters. The molecule has 0 fully saturated rings. The average molecular weight is 405 g/mol. The molecule has 0 saturated carbocycles. The number of nitrogens with zero attached hydrogens (tertiary/aromatic N) is 1. The van der Waals surface area contributed by atoms with Crippen LogP contribution in [0, 0.1) is 0 Å². The average Bonchev–Trinajstić information content (AvgIpc) is 2.57. The van der Waals surface area contributed by atoms with Crippen LogP contribution in [0.25, 0.3) is 0 Å². The van der Waals surface area contributed by atoms with Gasteiger partial charge in [0.1, 0.15) is 18.0 Å². The van der Waals surface area contributed by atoms with Gasteiger partial charge in [0.25, 0.3) is 5.91 Å². The highest BCUT2D eigenvalue weighted by molar-refractivity contribution is 9.10. The van der Waals surface area contributed by atoms with Crippen molar-refractivity contribution in [3.63, 3.8) is 0 Å². The first kappa shape index (κ1) is 17.3. The minimum Gasteiger partial charge on any atom is -0.508 e. The summed E-state index contributed by atoms with van der Waals surface area (Å²) >= 11 is 3.36. The lowest BCUT2D eigenvalue weighted by Crippen LogP contribution is -2.45. The maximum absolute atomic E-state index is 12.4. The summed E-state index contributed by atoms with van der Waals surface area (Å²) in [7, 11) is 0. The summed E-state index contributed by atoms with van der Waals surface area (Å²) in [5.41, 5.74) is 1.35. The van der Waals surface area contributed by atoms with Gasteiger partial charge in [-0.1, -0.05) is 28.1 Å². The maximum Gasteiger partial charge on any atom is 0.265 e. The quantitative estimate of drug-likeness (QED) is 0.820. The standard InChI is InChI=1S/C18H17BrN2O4/c1-11(12-3-2-4-14(22)7-12)20-17(23)9-21-15-6-5-13(19)8-16(15)25-10-18(21)24/h2-8,11,22H,9-10H2,1H3,(H,20,23). The van der Waals surface area contributed by atoms with E-state index in [1.54, 1.807) is 36.4 Å². The second-order valence-electron chi connectivity index (χ2n) is 5.76. The topological polar surface area (TPSA) is 78.9 Å². The number of fused-ring (bicyclic) bond motifs is 1. The maximum atomic E-state index is 12.4. The van der Waals surface area contributed by atoms with Gasteiger partial charge in [-0.3, -0.25) is 14.5 Å². The van der Waals surface area contributed by atoms with Gasteiger partial charge in [0.15, 0.2) is 6.61 Å². The van der Waals surface area contributed by atoms with Crippen molar-refractivity contribution in [2.45, 2.75) is 13.0 Å². The van der Waals surface area contributed by atoms with Gasteiger partial charge in [-0.25, -0.2) is 0 Å². The number of aromatic hydroxyl groups is 1. The largest absolute Gasteiger partial charge is 0.508 e. The Kier molecular flexibility index (Phi) is 4.94. The highest BCUT2D eigenvalue weighted by Gasteiger charge is 2.27. The second kappa shape index (κ2) is 7.14. The molecule has 7 heteroatoms. The monoisotopic (exact) mass is 404 g/mol. The molecular weight excluding hydrogens is 388 g/mol. The molecule has 0 spiro atoms. The lowest BCUT2D eigenvalue weighted by atomic mass is 10.1. The van der Waals surface area contributed by atoms with Crippen LogP contribution in [0.5, 0.6) is 11.5 Å². The Labute approximate surface area is 153 Å². The summed E-state index contributed by atoms with van der Waals surface area (Å²) in [6, 6.07) is 11.7. The molecule has 6 nitrogen and oxygen atoms in total. The highest BCUT2D eigenvalue weighted by atomic mass is 79.9. The third-order valence-electron chi connectivity index (χ3n) is 3.91. The number of phenols is 1. The first-order valence-corrected chi connectivity index (χ1v) is 8.54. The van der Waals surface area contributed by atoms with Crippen molar-refractivity contribution in [3.05, 3.63) is 52.5 Å². The number of amides is 2. The van der Waals surface area contributed by atoms with E-state index in [-0.39, 0.29) is 36.8 Å². The number of anilines is 1. The second-order valence-corrected chi connectivity index (χ2v) is 6.68. The summed E-state index contributed by atoms with van der Waals surface area (Å²) in [6.45, 7) is 1.62. The smallest absolute Gasteiger partial charge is 0.265 e. The lowest BCUT2D eigenvalue weighted by molar-refractivity contribution is -0.125. The van der Waals surface area contributed by atoms with Gasteiger partial charge in [-0.05, 0) is 42.8 Å². The van der Waals surface area contributed by atoms with Crippen molar-refractivity contribution in [1.82, 2.24) is 5.32 Å². The molecule has 0 bridgehead atoms. The number of halogens is 1. The fraction of sp³-hybridized carbons (Fsp3) is 0.222. The molecule has 2 amide bonds. The molecule has 1 aliphatic rings. The Morgan fingerprint density at radius 2 is 2.16 bits per heavy atom. The van der Waals surface area contributed by atoms with Crippen LogP contribution in [0.2, 0.25) is 0 Å². The molecule has 0 aliphatic carbocycles. The van der Waals surface area contributed by atoms with E-state index in [4.69, 9.17) is 4.74 Å². The van der Waals surface area contributed by atoms with Crippen LogP contribution >= 0.6 is 15.9 Å². The molecule has 1 unspecified atom stereocenters. The number of benzene rings is 2. The first-order valence-electron chi connectivity index (χ1n) is 7.75. The van der Waals surface area contributed by atoms with E-state index in [0.29, 0.717) is 11.4 Å². The Morgan fingerprint density at radius 1 is 1.36 bits per heavy atom. The van der Waals surface area contributed by atoms with E-state index in [0.717, 1.165) is 10.0 Å². The van der Waals surface area contributed by atoms with Crippen LogP contribution in [-0.2, 0) is 9.59 Å². The minimum absolute atomic E-state index is 0.0972. The van der Waals surface area contributed by atoms with E-state index >= 15 is 0 Å². The number of rotatable bonds is 4. The third-order valence-corrected chi connectivity index (χ3v) is 4.41. The summed E-state index contributed by atoms with van der Waals surface area (Å²) in [4.78, 5) is 26.0. The number of phenolic OH excluding ortho intramolecular Hbond substituents is 1. The van der Waals surface area contributed by atoms with Gasteiger partial charge in [-0.2, -0.15) is 0 Å². The Balaban J connectivity index is 1.71. The molecule has 0 radical (unpaired) electrons. The number of carbonyl (C=O) groups excluding carboxylic acids is 2. The molecule has 3 rings (SSSR count). The Hall–Kier alpha value is -2.54. The van der Waals surface area contributed by atoms with E-state index in [1.807, 2.05) is 13.0 Å². The first-order chi connectivity index (χ1) is 11.9. The van der Waals surface area contributed by atoms with Crippen molar-refractivity contribution in [2.24, 2.45) is 0 Å². The molecule has 1 heterocycles. The number of nitrogens with one attached hydrogen (secondary N) is 1. The molecule has 2 N–H and O–H groups in total. The zero-order valence-corrected chi connectivity index (χ0v) is 15.1. The molecule has 25 heavy (non-hydrogen) atoms. The van der Waals surface area contributed by atoms with Crippen LogP contribution in [0.1, 0.15) is 18.5 Å².